The number of fused-ring (bicyclic) bond motifs is 4. The summed E-state index contributed by atoms with van der Waals surface area (Å²) < 4.78 is 1.17. The van der Waals surface area contributed by atoms with Gasteiger partial charge in [-0.2, -0.15) is 0 Å². The van der Waals surface area contributed by atoms with Gasteiger partial charge in [0.25, 0.3) is 0 Å². The van der Waals surface area contributed by atoms with Crippen LogP contribution in [0.1, 0.15) is 0 Å². The minimum atomic E-state index is 0.648. The van der Waals surface area contributed by atoms with E-state index in [0.29, 0.717) is 17.5 Å². The number of nitrogens with zero attached hydrogens (tertiary/aromatic N) is 4. The number of benzene rings is 6. The van der Waals surface area contributed by atoms with E-state index in [0.717, 1.165) is 38.0 Å². The first kappa shape index (κ1) is 23.6. The molecule has 0 fully saturated rings. The third-order valence-electron chi connectivity index (χ3n) is 7.35. The molecule has 41 heavy (non-hydrogen) atoms. The van der Waals surface area contributed by atoms with Crippen LogP contribution < -0.4 is 0 Å². The lowest BCUT2D eigenvalue weighted by Gasteiger charge is -2.09. The molecule has 0 saturated carbocycles. The van der Waals surface area contributed by atoms with Crippen molar-refractivity contribution in [3.8, 4) is 44.7 Å². The third-order valence-corrected chi connectivity index (χ3v) is 8.41. The van der Waals surface area contributed by atoms with Crippen LogP contribution in [0.2, 0.25) is 0 Å². The Morgan fingerprint density at radius 1 is 0.415 bits per heavy atom. The second kappa shape index (κ2) is 9.73. The molecule has 0 bridgehead atoms. The Kier molecular flexibility index (Phi) is 5.61. The number of hydrogen-bond acceptors (Lipinski definition) is 5. The monoisotopic (exact) mass is 542 g/mol. The maximum Gasteiger partial charge on any atom is 0.164 e. The topological polar surface area (TPSA) is 51.6 Å². The largest absolute Gasteiger partial charge is 0.235 e. The minimum Gasteiger partial charge on any atom is -0.235 e. The first-order valence-electron chi connectivity index (χ1n) is 13.5. The summed E-state index contributed by atoms with van der Waals surface area (Å²) in [5.74, 6) is 1.96. The summed E-state index contributed by atoms with van der Waals surface area (Å²) in [5.41, 5.74) is 5.05. The van der Waals surface area contributed by atoms with Gasteiger partial charge in [0.2, 0.25) is 0 Å². The molecular formula is C36H22N4S. The van der Waals surface area contributed by atoms with E-state index in [-0.39, 0.29) is 0 Å². The van der Waals surface area contributed by atoms with Gasteiger partial charge in [-0.3, -0.25) is 0 Å². The fourth-order valence-electron chi connectivity index (χ4n) is 5.32. The molecule has 2 aromatic heterocycles. The molecule has 8 rings (SSSR count). The van der Waals surface area contributed by atoms with Crippen molar-refractivity contribution in [2.75, 3.05) is 0 Å². The summed E-state index contributed by atoms with van der Waals surface area (Å²) in [7, 11) is 0. The van der Waals surface area contributed by atoms with Gasteiger partial charge in [0.05, 0.1) is 10.2 Å². The van der Waals surface area contributed by atoms with Crippen molar-refractivity contribution < 1.29 is 0 Å². The standard InChI is InChI=1S/C36H22N4S/c1-3-11-24(12-4-1)33-38-34(25-13-5-2-6-14-25)40-35(39-33)27-18-20-29-26(22-27)19-21-31-32(29)37-36(41-31)30-17-9-15-23-10-7-8-16-28(23)30/h1-22H. The molecule has 0 atom stereocenters. The maximum atomic E-state index is 5.15. The predicted molar refractivity (Wildman–Crippen MR) is 170 cm³/mol. The highest BCUT2D eigenvalue weighted by molar-refractivity contribution is 7.21. The summed E-state index contributed by atoms with van der Waals surface area (Å²) in [6.45, 7) is 0. The minimum absolute atomic E-state index is 0.648. The molecule has 6 aromatic carbocycles. The first-order valence-corrected chi connectivity index (χ1v) is 14.3. The van der Waals surface area contributed by atoms with E-state index in [1.165, 1.54) is 21.0 Å². The van der Waals surface area contributed by atoms with Crippen LogP contribution >= 0.6 is 11.3 Å². The molecule has 0 amide bonds. The first-order chi connectivity index (χ1) is 20.3. The van der Waals surface area contributed by atoms with E-state index in [1.807, 2.05) is 60.7 Å². The molecular weight excluding hydrogens is 520 g/mol. The van der Waals surface area contributed by atoms with E-state index >= 15 is 0 Å². The number of thiazole rings is 1. The Balaban J connectivity index is 1.26. The zero-order valence-corrected chi connectivity index (χ0v) is 22.7. The molecule has 0 aliphatic heterocycles. The molecule has 4 nitrogen and oxygen atoms in total. The van der Waals surface area contributed by atoms with Crippen molar-refractivity contribution >= 4 is 43.1 Å². The van der Waals surface area contributed by atoms with Crippen LogP contribution in [-0.2, 0) is 0 Å². The summed E-state index contributed by atoms with van der Waals surface area (Å²) >= 11 is 1.74. The third kappa shape index (κ3) is 4.24. The Morgan fingerprint density at radius 2 is 1.05 bits per heavy atom. The summed E-state index contributed by atoms with van der Waals surface area (Å²) in [4.78, 5) is 19.8. The Bertz CT molecular complexity index is 2140. The molecule has 192 valence electrons. The summed E-state index contributed by atoms with van der Waals surface area (Å²) in [6.07, 6.45) is 0. The van der Waals surface area contributed by atoms with Crippen LogP contribution in [0.4, 0.5) is 0 Å². The summed E-state index contributed by atoms with van der Waals surface area (Å²) in [6, 6.07) is 45.8. The second-order valence-corrected chi connectivity index (χ2v) is 11.0. The molecule has 0 radical (unpaired) electrons. The molecule has 2 heterocycles. The molecule has 5 heteroatoms. The molecule has 0 spiro atoms. The van der Waals surface area contributed by atoms with Crippen molar-refractivity contribution in [2.45, 2.75) is 0 Å². The van der Waals surface area contributed by atoms with Crippen LogP contribution in [0.25, 0.3) is 76.5 Å². The molecule has 0 N–H and O–H groups in total. The zero-order chi connectivity index (χ0) is 27.2. The lowest BCUT2D eigenvalue weighted by molar-refractivity contribution is 1.07. The van der Waals surface area contributed by atoms with E-state index in [4.69, 9.17) is 19.9 Å². The van der Waals surface area contributed by atoms with E-state index in [2.05, 4.69) is 72.8 Å². The van der Waals surface area contributed by atoms with Crippen molar-refractivity contribution in [3.63, 3.8) is 0 Å². The fraction of sp³-hybridized carbons (Fsp3) is 0. The van der Waals surface area contributed by atoms with Gasteiger partial charge in [-0.25, -0.2) is 19.9 Å². The number of aromatic nitrogens is 4. The lowest BCUT2D eigenvalue weighted by Crippen LogP contribution is -2.00. The van der Waals surface area contributed by atoms with Crippen LogP contribution in [-0.4, -0.2) is 19.9 Å². The Labute approximate surface area is 240 Å². The average Bonchev–Trinajstić information content (AvgIpc) is 3.50. The van der Waals surface area contributed by atoms with Gasteiger partial charge >= 0.3 is 0 Å². The highest BCUT2D eigenvalue weighted by Gasteiger charge is 2.15. The SMILES string of the molecule is c1ccc(-c2nc(-c3ccccc3)nc(-c3ccc4c(ccc5sc(-c6cccc7ccccc67)nc54)c3)n2)cc1. The van der Waals surface area contributed by atoms with Crippen LogP contribution in [0.3, 0.4) is 0 Å². The van der Waals surface area contributed by atoms with Crippen LogP contribution in [0.5, 0.6) is 0 Å². The van der Waals surface area contributed by atoms with E-state index < -0.39 is 0 Å². The maximum absolute atomic E-state index is 5.15. The normalized spacial score (nSPS) is 11.4. The Hall–Kier alpha value is -5.26. The van der Waals surface area contributed by atoms with Gasteiger partial charge in [-0.15, -0.1) is 11.3 Å². The molecule has 8 aromatic rings. The van der Waals surface area contributed by atoms with E-state index in [1.54, 1.807) is 11.3 Å². The van der Waals surface area contributed by atoms with Gasteiger partial charge in [0.1, 0.15) is 5.01 Å². The molecule has 0 aliphatic rings. The fourth-order valence-corrected chi connectivity index (χ4v) is 6.35. The number of hydrogen-bond donors (Lipinski definition) is 0. The Morgan fingerprint density at radius 3 is 1.78 bits per heavy atom. The van der Waals surface area contributed by atoms with Crippen LogP contribution in [0, 0.1) is 0 Å². The average molecular weight is 543 g/mol. The molecule has 0 unspecified atom stereocenters. The van der Waals surface area contributed by atoms with Gasteiger partial charge < -0.3 is 0 Å². The van der Waals surface area contributed by atoms with Gasteiger partial charge in [-0.1, -0.05) is 121 Å². The number of rotatable bonds is 4. The van der Waals surface area contributed by atoms with E-state index in [9.17, 15) is 0 Å². The highest BCUT2D eigenvalue weighted by atomic mass is 32.1. The van der Waals surface area contributed by atoms with Gasteiger partial charge in [0.15, 0.2) is 17.5 Å². The van der Waals surface area contributed by atoms with Crippen molar-refractivity contribution in [1.82, 2.24) is 19.9 Å². The summed E-state index contributed by atoms with van der Waals surface area (Å²) in [5, 5.41) is 5.70. The molecule has 0 aliphatic carbocycles. The zero-order valence-electron chi connectivity index (χ0n) is 21.9. The smallest absolute Gasteiger partial charge is 0.164 e. The quantitative estimate of drug-likeness (QED) is 0.222. The second-order valence-electron chi connectivity index (χ2n) is 9.93. The van der Waals surface area contributed by atoms with Gasteiger partial charge in [0, 0.05) is 27.6 Å². The predicted octanol–water partition coefficient (Wildman–Crippen LogP) is 9.46. The van der Waals surface area contributed by atoms with Crippen molar-refractivity contribution in [1.29, 1.82) is 0 Å². The molecule has 0 saturated heterocycles. The van der Waals surface area contributed by atoms with Crippen molar-refractivity contribution in [3.05, 3.63) is 133 Å². The highest BCUT2D eigenvalue weighted by Crippen LogP contribution is 2.38. The van der Waals surface area contributed by atoms with Crippen LogP contribution in [0.15, 0.2) is 133 Å². The lowest BCUT2D eigenvalue weighted by atomic mass is 10.0. The van der Waals surface area contributed by atoms with Gasteiger partial charge in [-0.05, 0) is 28.3 Å². The van der Waals surface area contributed by atoms with Crippen molar-refractivity contribution in [2.24, 2.45) is 0 Å².